The van der Waals surface area contributed by atoms with Crippen molar-refractivity contribution in [1.29, 1.82) is 0 Å². The van der Waals surface area contributed by atoms with Crippen LogP contribution in [0.5, 0.6) is 0 Å². The van der Waals surface area contributed by atoms with Gasteiger partial charge in [0.1, 0.15) is 5.82 Å². The summed E-state index contributed by atoms with van der Waals surface area (Å²) < 4.78 is 4.68. The minimum absolute atomic E-state index is 0.111. The lowest BCUT2D eigenvalue weighted by Crippen LogP contribution is -2.46. The number of carbonyl (C=O) groups excluding carboxylic acids is 1. The number of esters is 1. The number of hydrogen-bond acceptors (Lipinski definition) is 6. The zero-order valence-corrected chi connectivity index (χ0v) is 11.6. The Morgan fingerprint density at radius 1 is 1.53 bits per heavy atom. The molecule has 0 amide bonds. The van der Waals surface area contributed by atoms with Crippen molar-refractivity contribution >= 4 is 11.8 Å². The predicted octanol–water partition coefficient (Wildman–Crippen LogP) is 0.888. The van der Waals surface area contributed by atoms with E-state index in [0.717, 1.165) is 30.9 Å². The largest absolute Gasteiger partial charge is 0.463 e. The summed E-state index contributed by atoms with van der Waals surface area (Å²) in [5.74, 6) is 0.373. The highest BCUT2D eigenvalue weighted by Crippen LogP contribution is 2.23. The molecule has 1 fully saturated rings. The summed E-state index contributed by atoms with van der Waals surface area (Å²) in [5.41, 5.74) is 6.72. The van der Waals surface area contributed by atoms with Crippen LogP contribution in [-0.2, 0) is 4.74 Å². The van der Waals surface area contributed by atoms with E-state index >= 15 is 0 Å². The lowest BCUT2D eigenvalue weighted by atomic mass is 9.99. The molecule has 2 rings (SSSR count). The molecule has 104 valence electrons. The maximum atomic E-state index is 11.5. The van der Waals surface area contributed by atoms with Crippen LogP contribution in [0, 0.1) is 6.92 Å². The zero-order valence-electron chi connectivity index (χ0n) is 11.6. The van der Waals surface area contributed by atoms with Gasteiger partial charge >= 0.3 is 5.97 Å². The van der Waals surface area contributed by atoms with Crippen molar-refractivity contribution in [3.8, 4) is 0 Å². The highest BCUT2D eigenvalue weighted by atomic mass is 16.5. The van der Waals surface area contributed by atoms with Crippen LogP contribution in [0.1, 0.15) is 36.1 Å². The van der Waals surface area contributed by atoms with Crippen molar-refractivity contribution in [1.82, 2.24) is 9.97 Å². The summed E-state index contributed by atoms with van der Waals surface area (Å²) in [7, 11) is 1.33. The Labute approximate surface area is 113 Å². The Kier molecular flexibility index (Phi) is 3.99. The summed E-state index contributed by atoms with van der Waals surface area (Å²) in [6, 6.07) is 2.44. The fourth-order valence-electron chi connectivity index (χ4n) is 2.43. The van der Waals surface area contributed by atoms with E-state index in [2.05, 4.69) is 26.5 Å². The molecule has 0 bridgehead atoms. The van der Waals surface area contributed by atoms with Gasteiger partial charge in [0.05, 0.1) is 7.11 Å². The number of hydrogen-bond donors (Lipinski definition) is 1. The van der Waals surface area contributed by atoms with E-state index < -0.39 is 5.97 Å². The number of piperidine rings is 1. The number of nitrogens with zero attached hydrogens (tertiary/aromatic N) is 3. The first kappa shape index (κ1) is 13.7. The summed E-state index contributed by atoms with van der Waals surface area (Å²) in [6.07, 6.45) is 1.86. The van der Waals surface area contributed by atoms with E-state index in [0.29, 0.717) is 6.04 Å². The van der Waals surface area contributed by atoms with Crippen LogP contribution in [0.15, 0.2) is 6.07 Å². The van der Waals surface area contributed by atoms with Gasteiger partial charge in [0, 0.05) is 30.4 Å². The molecular weight excluding hydrogens is 244 g/mol. The van der Waals surface area contributed by atoms with Gasteiger partial charge in [-0.15, -0.1) is 0 Å². The molecule has 0 aliphatic carbocycles. The summed E-state index contributed by atoms with van der Waals surface area (Å²) in [6.45, 7) is 4.81. The summed E-state index contributed by atoms with van der Waals surface area (Å²) in [4.78, 5) is 22.1. The van der Waals surface area contributed by atoms with E-state index in [1.54, 1.807) is 0 Å². The van der Waals surface area contributed by atoms with Gasteiger partial charge in [0.2, 0.25) is 5.82 Å². The average Bonchev–Trinajstić information content (AvgIpc) is 2.37. The maximum Gasteiger partial charge on any atom is 0.376 e. The number of carbonyl (C=O) groups is 1. The molecule has 2 heterocycles. The zero-order chi connectivity index (χ0) is 14.0. The van der Waals surface area contributed by atoms with Crippen molar-refractivity contribution in [3.63, 3.8) is 0 Å². The smallest absolute Gasteiger partial charge is 0.376 e. The lowest BCUT2D eigenvalue weighted by Gasteiger charge is -2.37. The molecule has 19 heavy (non-hydrogen) atoms. The Bertz CT molecular complexity index is 478. The van der Waals surface area contributed by atoms with Gasteiger partial charge in [-0.3, -0.25) is 0 Å². The third-order valence-corrected chi connectivity index (χ3v) is 3.42. The van der Waals surface area contributed by atoms with Crippen LogP contribution in [0.3, 0.4) is 0 Å². The maximum absolute atomic E-state index is 11.5. The first-order valence-electron chi connectivity index (χ1n) is 6.47. The van der Waals surface area contributed by atoms with Crippen molar-refractivity contribution < 1.29 is 9.53 Å². The van der Waals surface area contributed by atoms with Crippen LogP contribution in [0.4, 0.5) is 5.82 Å². The van der Waals surface area contributed by atoms with Crippen molar-refractivity contribution in [2.45, 2.75) is 38.8 Å². The Morgan fingerprint density at radius 3 is 2.89 bits per heavy atom. The number of ether oxygens (including phenoxy) is 1. The lowest BCUT2D eigenvalue weighted by molar-refractivity contribution is 0.0586. The van der Waals surface area contributed by atoms with Gasteiger partial charge < -0.3 is 15.4 Å². The number of nitrogens with two attached hydrogens (primary N) is 1. The molecule has 1 aliphatic heterocycles. The molecule has 0 aromatic carbocycles. The number of anilines is 1. The van der Waals surface area contributed by atoms with Gasteiger partial charge in [0.25, 0.3) is 0 Å². The van der Waals surface area contributed by atoms with E-state index in [1.165, 1.54) is 7.11 Å². The second-order valence-corrected chi connectivity index (χ2v) is 5.01. The van der Waals surface area contributed by atoms with E-state index in [1.807, 2.05) is 13.0 Å². The molecule has 6 heteroatoms. The second kappa shape index (κ2) is 5.52. The number of aryl methyl sites for hydroxylation is 1. The topological polar surface area (TPSA) is 81.3 Å². The molecule has 2 N–H and O–H groups in total. The van der Waals surface area contributed by atoms with Crippen LogP contribution >= 0.6 is 0 Å². The van der Waals surface area contributed by atoms with E-state index in [4.69, 9.17) is 5.73 Å². The van der Waals surface area contributed by atoms with Gasteiger partial charge in [-0.25, -0.2) is 14.8 Å². The third kappa shape index (κ3) is 3.01. The first-order valence-corrected chi connectivity index (χ1v) is 6.47. The molecular formula is C13H20N4O2. The fraction of sp³-hybridized carbons (Fsp3) is 0.615. The van der Waals surface area contributed by atoms with Crippen molar-refractivity contribution in [2.24, 2.45) is 5.73 Å². The normalized spacial score (nSPS) is 23.3. The molecule has 0 spiro atoms. The van der Waals surface area contributed by atoms with Crippen molar-refractivity contribution in [2.75, 3.05) is 18.6 Å². The van der Waals surface area contributed by atoms with Crippen LogP contribution < -0.4 is 10.6 Å². The van der Waals surface area contributed by atoms with Gasteiger partial charge in [-0.05, 0) is 26.7 Å². The van der Waals surface area contributed by atoms with Crippen LogP contribution in [-0.4, -0.2) is 41.7 Å². The quantitative estimate of drug-likeness (QED) is 0.799. The molecule has 1 aromatic rings. The molecule has 1 aromatic heterocycles. The predicted molar refractivity (Wildman–Crippen MR) is 72.1 cm³/mol. The highest BCUT2D eigenvalue weighted by Gasteiger charge is 2.25. The second-order valence-electron chi connectivity index (χ2n) is 5.01. The molecule has 1 aliphatic rings. The molecule has 6 nitrogen and oxygen atoms in total. The first-order chi connectivity index (χ1) is 9.01. The highest BCUT2D eigenvalue weighted by molar-refractivity contribution is 5.85. The fourth-order valence-corrected chi connectivity index (χ4v) is 2.43. The standard InChI is InChI=1S/C13H20N4O2/c1-8-6-11(16-12(15-8)13(18)19-3)17-5-4-10(14)7-9(17)2/h6,9-10H,4-5,7,14H2,1-3H3. The molecule has 2 unspecified atom stereocenters. The van der Waals surface area contributed by atoms with Crippen LogP contribution in [0.2, 0.25) is 0 Å². The molecule has 0 saturated carbocycles. The van der Waals surface area contributed by atoms with E-state index in [9.17, 15) is 4.79 Å². The SMILES string of the molecule is COC(=O)c1nc(C)cc(N2CCC(N)CC2C)n1. The Morgan fingerprint density at radius 2 is 2.26 bits per heavy atom. The Hall–Kier alpha value is -1.69. The summed E-state index contributed by atoms with van der Waals surface area (Å²) in [5, 5.41) is 0. The van der Waals surface area contributed by atoms with Gasteiger partial charge in [0.15, 0.2) is 0 Å². The van der Waals surface area contributed by atoms with Gasteiger partial charge in [-0.2, -0.15) is 0 Å². The number of aromatic nitrogens is 2. The third-order valence-electron chi connectivity index (χ3n) is 3.42. The number of methoxy groups -OCH3 is 1. The number of rotatable bonds is 2. The van der Waals surface area contributed by atoms with Crippen LogP contribution in [0.25, 0.3) is 0 Å². The molecule has 2 atom stereocenters. The average molecular weight is 264 g/mol. The minimum Gasteiger partial charge on any atom is -0.463 e. The molecule has 1 saturated heterocycles. The van der Waals surface area contributed by atoms with Crippen molar-refractivity contribution in [3.05, 3.63) is 17.6 Å². The monoisotopic (exact) mass is 264 g/mol. The minimum atomic E-state index is -0.508. The summed E-state index contributed by atoms with van der Waals surface area (Å²) >= 11 is 0. The van der Waals surface area contributed by atoms with Gasteiger partial charge in [-0.1, -0.05) is 0 Å². The molecule has 0 radical (unpaired) electrons. The Balaban J connectivity index is 2.29. The van der Waals surface area contributed by atoms with E-state index in [-0.39, 0.29) is 11.9 Å².